The Morgan fingerprint density at radius 1 is 0.886 bits per heavy atom. The lowest BCUT2D eigenvalue weighted by molar-refractivity contribution is -0.141. The van der Waals surface area contributed by atoms with Crippen LogP contribution in [-0.4, -0.2) is 58.5 Å². The van der Waals surface area contributed by atoms with Gasteiger partial charge in [-0.1, -0.05) is 67.8 Å². The van der Waals surface area contributed by atoms with Gasteiger partial charge in [-0.15, -0.1) is 0 Å². The van der Waals surface area contributed by atoms with Gasteiger partial charge in [-0.25, -0.2) is 0 Å². The third kappa shape index (κ3) is 6.48. The number of rotatable bonds is 8. The van der Waals surface area contributed by atoms with E-state index in [-0.39, 0.29) is 17.9 Å². The summed E-state index contributed by atoms with van der Waals surface area (Å²) in [6.45, 7) is 0.448. The molecule has 2 aliphatic rings. The van der Waals surface area contributed by atoms with E-state index in [1.165, 1.54) is 6.42 Å². The number of benzene rings is 2. The van der Waals surface area contributed by atoms with E-state index in [1.54, 1.807) is 29.2 Å². The molecule has 4 rings (SSSR count). The van der Waals surface area contributed by atoms with Crippen LogP contribution < -0.4 is 10.6 Å². The second kappa shape index (κ2) is 12.0. The molecule has 1 unspecified atom stereocenters. The van der Waals surface area contributed by atoms with Crippen LogP contribution in [0.15, 0.2) is 60.7 Å². The highest BCUT2D eigenvalue weighted by molar-refractivity contribution is 5.97. The minimum absolute atomic E-state index is 0.0902. The summed E-state index contributed by atoms with van der Waals surface area (Å²) in [4.78, 5) is 41.0. The highest BCUT2D eigenvalue weighted by atomic mass is 16.3. The minimum Gasteiger partial charge on any atom is -0.381 e. The van der Waals surface area contributed by atoms with E-state index in [9.17, 15) is 19.5 Å². The van der Waals surface area contributed by atoms with Gasteiger partial charge in [-0.2, -0.15) is 0 Å². The van der Waals surface area contributed by atoms with Gasteiger partial charge in [-0.3, -0.25) is 14.4 Å². The smallest absolute Gasteiger partial charge is 0.251 e. The number of aliphatic hydroxyl groups excluding tert-OH is 1. The number of carbonyl (C=O) groups excluding carboxylic acids is 3. The molecule has 186 valence electrons. The standard InChI is InChI=1S/C28H35N3O4/c32-25(27(34)29-22-15-8-3-9-16-22)24-17-10-18-31(24)28(35)23(19-20-11-4-1-5-12-20)30-26(33)21-13-6-2-7-14-21/h1-2,4-7,11-14,22-25,32H,3,8-10,15-19H2,(H,29,34)(H,30,33)/t23-,24-,25?/m0/s1. The summed E-state index contributed by atoms with van der Waals surface area (Å²) in [7, 11) is 0. The Kier molecular flexibility index (Phi) is 8.53. The average Bonchev–Trinajstić information content (AvgIpc) is 3.39. The van der Waals surface area contributed by atoms with Gasteiger partial charge < -0.3 is 20.6 Å². The Labute approximate surface area is 206 Å². The summed E-state index contributed by atoms with van der Waals surface area (Å²) in [5, 5.41) is 16.8. The third-order valence-electron chi connectivity index (χ3n) is 7.09. The zero-order valence-electron chi connectivity index (χ0n) is 20.1. The summed E-state index contributed by atoms with van der Waals surface area (Å²) in [5.74, 6) is -1.01. The van der Waals surface area contributed by atoms with E-state index < -0.39 is 24.1 Å². The first kappa shape index (κ1) is 24.9. The van der Waals surface area contributed by atoms with E-state index >= 15 is 0 Å². The van der Waals surface area contributed by atoms with Crippen molar-refractivity contribution in [2.45, 2.75) is 75.6 Å². The van der Waals surface area contributed by atoms with Crippen LogP contribution in [-0.2, 0) is 16.0 Å². The van der Waals surface area contributed by atoms with Gasteiger partial charge in [0.1, 0.15) is 6.04 Å². The first-order chi connectivity index (χ1) is 17.0. The Hall–Kier alpha value is -3.19. The first-order valence-electron chi connectivity index (χ1n) is 12.7. The fourth-order valence-corrected chi connectivity index (χ4v) is 5.18. The zero-order valence-corrected chi connectivity index (χ0v) is 20.1. The van der Waals surface area contributed by atoms with Crippen molar-refractivity contribution in [3.63, 3.8) is 0 Å². The van der Waals surface area contributed by atoms with Crippen molar-refractivity contribution in [3.05, 3.63) is 71.8 Å². The molecule has 3 amide bonds. The molecule has 3 N–H and O–H groups in total. The maximum Gasteiger partial charge on any atom is 0.251 e. The number of amides is 3. The molecule has 0 spiro atoms. The van der Waals surface area contributed by atoms with Crippen LogP contribution in [0, 0.1) is 0 Å². The SMILES string of the molecule is O=C(N[C@@H](Cc1ccccc1)C(=O)N1CCC[C@H]1C(O)C(=O)NC1CCCCC1)c1ccccc1. The fourth-order valence-electron chi connectivity index (χ4n) is 5.18. The normalized spacial score (nSPS) is 20.1. The van der Waals surface area contributed by atoms with Crippen LogP contribution >= 0.6 is 0 Å². The molecular weight excluding hydrogens is 442 g/mol. The van der Waals surface area contributed by atoms with E-state index in [0.29, 0.717) is 31.4 Å². The quantitative estimate of drug-likeness (QED) is 0.545. The average molecular weight is 478 g/mol. The van der Waals surface area contributed by atoms with Crippen LogP contribution in [0.5, 0.6) is 0 Å². The van der Waals surface area contributed by atoms with Crippen molar-refractivity contribution in [2.75, 3.05) is 6.54 Å². The van der Waals surface area contributed by atoms with Gasteiger partial charge in [0.15, 0.2) is 6.10 Å². The molecule has 1 heterocycles. The molecule has 7 heteroatoms. The molecule has 0 bridgehead atoms. The number of aliphatic hydroxyl groups is 1. The number of nitrogens with zero attached hydrogens (tertiary/aromatic N) is 1. The molecule has 3 atom stereocenters. The lowest BCUT2D eigenvalue weighted by atomic mass is 9.95. The van der Waals surface area contributed by atoms with Crippen molar-refractivity contribution in [2.24, 2.45) is 0 Å². The van der Waals surface area contributed by atoms with Crippen LogP contribution in [0.4, 0.5) is 0 Å². The summed E-state index contributed by atoms with van der Waals surface area (Å²) >= 11 is 0. The van der Waals surface area contributed by atoms with Gasteiger partial charge in [0.05, 0.1) is 6.04 Å². The van der Waals surface area contributed by atoms with Crippen LogP contribution in [0.25, 0.3) is 0 Å². The minimum atomic E-state index is -1.29. The number of hydrogen-bond acceptors (Lipinski definition) is 4. The van der Waals surface area contributed by atoms with Crippen molar-refractivity contribution >= 4 is 17.7 Å². The molecule has 0 aromatic heterocycles. The third-order valence-corrected chi connectivity index (χ3v) is 7.09. The fraction of sp³-hybridized carbons (Fsp3) is 0.464. The Balaban J connectivity index is 1.48. The predicted molar refractivity (Wildman–Crippen MR) is 134 cm³/mol. The lowest BCUT2D eigenvalue weighted by Crippen LogP contribution is -2.56. The molecule has 2 fully saturated rings. The summed E-state index contributed by atoms with van der Waals surface area (Å²) in [6.07, 6.45) is 5.49. The molecule has 2 aromatic rings. The summed E-state index contributed by atoms with van der Waals surface area (Å²) in [5.41, 5.74) is 1.40. The second-order valence-electron chi connectivity index (χ2n) is 9.61. The van der Waals surface area contributed by atoms with Crippen molar-refractivity contribution in [1.82, 2.24) is 15.5 Å². The van der Waals surface area contributed by atoms with Crippen molar-refractivity contribution in [3.8, 4) is 0 Å². The summed E-state index contributed by atoms with van der Waals surface area (Å²) < 4.78 is 0. The van der Waals surface area contributed by atoms with E-state index in [2.05, 4.69) is 10.6 Å². The second-order valence-corrected chi connectivity index (χ2v) is 9.61. The van der Waals surface area contributed by atoms with Gasteiger partial charge in [0.25, 0.3) is 11.8 Å². The van der Waals surface area contributed by atoms with Crippen LogP contribution in [0.3, 0.4) is 0 Å². The van der Waals surface area contributed by atoms with E-state index in [0.717, 1.165) is 31.2 Å². The first-order valence-corrected chi connectivity index (χ1v) is 12.7. The van der Waals surface area contributed by atoms with Crippen molar-refractivity contribution in [1.29, 1.82) is 0 Å². The van der Waals surface area contributed by atoms with Gasteiger partial charge in [-0.05, 0) is 43.4 Å². The monoisotopic (exact) mass is 477 g/mol. The highest BCUT2D eigenvalue weighted by Gasteiger charge is 2.40. The zero-order chi connectivity index (χ0) is 24.6. The topological polar surface area (TPSA) is 98.7 Å². The molecule has 1 saturated carbocycles. The lowest BCUT2D eigenvalue weighted by Gasteiger charge is -2.32. The maximum atomic E-state index is 13.7. The summed E-state index contributed by atoms with van der Waals surface area (Å²) in [6, 6.07) is 17.0. The predicted octanol–water partition coefficient (Wildman–Crippen LogP) is 2.83. The van der Waals surface area contributed by atoms with Gasteiger partial charge in [0.2, 0.25) is 5.91 Å². The van der Waals surface area contributed by atoms with Crippen LogP contribution in [0.1, 0.15) is 60.9 Å². The molecule has 1 aliphatic heterocycles. The van der Waals surface area contributed by atoms with Gasteiger partial charge >= 0.3 is 0 Å². The molecule has 0 radical (unpaired) electrons. The van der Waals surface area contributed by atoms with Crippen molar-refractivity contribution < 1.29 is 19.5 Å². The molecule has 7 nitrogen and oxygen atoms in total. The molecule has 1 saturated heterocycles. The number of nitrogens with one attached hydrogen (secondary N) is 2. The highest BCUT2D eigenvalue weighted by Crippen LogP contribution is 2.24. The van der Waals surface area contributed by atoms with Crippen LogP contribution in [0.2, 0.25) is 0 Å². The number of carbonyl (C=O) groups is 3. The molecule has 1 aliphatic carbocycles. The van der Waals surface area contributed by atoms with Gasteiger partial charge in [0, 0.05) is 24.6 Å². The number of likely N-dealkylation sites (tertiary alicyclic amines) is 1. The largest absolute Gasteiger partial charge is 0.381 e. The van der Waals surface area contributed by atoms with E-state index in [4.69, 9.17) is 0 Å². The Morgan fingerprint density at radius 3 is 2.23 bits per heavy atom. The molecule has 2 aromatic carbocycles. The maximum absolute atomic E-state index is 13.7. The Bertz CT molecular complexity index is 992. The molecule has 35 heavy (non-hydrogen) atoms. The van der Waals surface area contributed by atoms with E-state index in [1.807, 2.05) is 36.4 Å². The molecular formula is C28H35N3O4. The number of hydrogen-bond donors (Lipinski definition) is 3. The Morgan fingerprint density at radius 2 is 1.54 bits per heavy atom.